The first-order chi connectivity index (χ1) is 30.1. The number of aliphatic hydroxyl groups excluding tert-OH is 1. The predicted molar refractivity (Wildman–Crippen MR) is 265 cm³/mol. The lowest BCUT2D eigenvalue weighted by Gasteiger charge is -2.15. The molecule has 0 saturated heterocycles. The summed E-state index contributed by atoms with van der Waals surface area (Å²) in [7, 11) is 0. The second-order valence-corrected chi connectivity index (χ2v) is 16.2. The molecular weight excluding hydrogens is 753 g/mol. The van der Waals surface area contributed by atoms with Gasteiger partial charge in [-0.15, -0.1) is 0 Å². The maximum Gasteiger partial charge on any atom is 0.306 e. The quantitative estimate of drug-likeness (QED) is 0.0376. The first-order valence-corrected chi connectivity index (χ1v) is 24.9. The van der Waals surface area contributed by atoms with Crippen molar-refractivity contribution in [3.63, 3.8) is 0 Å². The fraction of sp³-hybridized carbons (Fsp3) is 0.643. The van der Waals surface area contributed by atoms with Crippen LogP contribution in [0.1, 0.15) is 213 Å². The molecule has 0 aromatic heterocycles. The Labute approximate surface area is 376 Å². The van der Waals surface area contributed by atoms with Crippen molar-refractivity contribution >= 4 is 11.9 Å². The lowest BCUT2D eigenvalue weighted by atomic mass is 10.0. The van der Waals surface area contributed by atoms with Crippen molar-refractivity contribution in [2.24, 2.45) is 0 Å². The van der Waals surface area contributed by atoms with Crippen LogP contribution in [0.5, 0.6) is 0 Å². The van der Waals surface area contributed by atoms with Gasteiger partial charge in [-0.05, 0) is 83.5 Å². The van der Waals surface area contributed by atoms with E-state index < -0.39 is 6.10 Å². The van der Waals surface area contributed by atoms with Crippen molar-refractivity contribution in [3.8, 4) is 0 Å². The number of carbonyl (C=O) groups is 2. The summed E-state index contributed by atoms with van der Waals surface area (Å²) >= 11 is 0. The molecule has 1 unspecified atom stereocenters. The number of unbranched alkanes of at least 4 members (excludes halogenated alkanes) is 18. The number of aliphatic hydroxyl groups is 1. The summed E-state index contributed by atoms with van der Waals surface area (Å²) in [5, 5.41) is 9.61. The molecule has 5 nitrogen and oxygen atoms in total. The third-order valence-corrected chi connectivity index (χ3v) is 10.3. The normalized spacial score (nSPS) is 13.2. The SMILES string of the molecule is CC/C=C\C/C=C\C/C=C\C/C=C\C/C=C\C/C=C\C/C=C\C/C=C\C/C=C\CCCCCC(=O)OC(CO)COC(=O)CCCCCCCCCCCCCCCCCC. The Bertz CT molecular complexity index is 1230. The average molecular weight is 845 g/mol. The largest absolute Gasteiger partial charge is 0.462 e. The maximum atomic E-state index is 12.2. The van der Waals surface area contributed by atoms with Crippen LogP contribution in [0.2, 0.25) is 0 Å². The molecule has 0 rings (SSSR count). The Morgan fingerprint density at radius 3 is 1.07 bits per heavy atom. The second kappa shape index (κ2) is 50.9. The molecule has 5 heteroatoms. The zero-order valence-corrected chi connectivity index (χ0v) is 39.4. The fourth-order valence-corrected chi connectivity index (χ4v) is 6.61. The minimum absolute atomic E-state index is 0.0835. The van der Waals surface area contributed by atoms with Gasteiger partial charge in [-0.2, -0.15) is 0 Å². The standard InChI is InChI=1S/C56H92O5/c1-3-5-7-9-11-13-15-17-19-21-22-23-24-25-26-27-28-29-30-31-32-33-34-35-37-39-41-43-45-47-49-51-56(59)61-54(52-57)53-60-55(58)50-48-46-44-42-40-38-36-20-18-16-14-12-10-8-6-4-2/h5,7,11,13,17,19,22-23,25-26,28-29,31-32,34-35,39,41,54,57H,3-4,6,8-10,12,14-16,18,20-21,24,27,30,33,36-38,40,42-53H2,1-2H3/b7-5-,13-11-,19-17-,23-22-,26-25-,29-28-,32-31-,35-34-,41-39-. The molecule has 0 aliphatic heterocycles. The van der Waals surface area contributed by atoms with Crippen molar-refractivity contribution in [3.05, 3.63) is 109 Å². The molecule has 0 spiro atoms. The van der Waals surface area contributed by atoms with E-state index in [-0.39, 0.29) is 25.2 Å². The average Bonchev–Trinajstić information content (AvgIpc) is 3.26. The van der Waals surface area contributed by atoms with Crippen LogP contribution in [-0.4, -0.2) is 36.4 Å². The van der Waals surface area contributed by atoms with Gasteiger partial charge in [0.1, 0.15) is 6.61 Å². The summed E-state index contributed by atoms with van der Waals surface area (Å²) in [6.07, 6.45) is 73.2. The molecule has 61 heavy (non-hydrogen) atoms. The molecule has 0 bridgehead atoms. The zero-order chi connectivity index (χ0) is 44.2. The highest BCUT2D eigenvalue weighted by molar-refractivity contribution is 5.70. The summed E-state index contributed by atoms with van der Waals surface area (Å²) in [5.41, 5.74) is 0. The van der Waals surface area contributed by atoms with E-state index in [2.05, 4.69) is 123 Å². The first kappa shape index (κ1) is 57.6. The summed E-state index contributed by atoms with van der Waals surface area (Å²) in [6, 6.07) is 0. The second-order valence-electron chi connectivity index (χ2n) is 16.2. The van der Waals surface area contributed by atoms with E-state index in [4.69, 9.17) is 9.47 Å². The smallest absolute Gasteiger partial charge is 0.306 e. The molecule has 0 aromatic rings. The van der Waals surface area contributed by atoms with E-state index in [1.54, 1.807) is 0 Å². The van der Waals surface area contributed by atoms with E-state index in [0.29, 0.717) is 12.8 Å². The van der Waals surface area contributed by atoms with Crippen LogP contribution < -0.4 is 0 Å². The van der Waals surface area contributed by atoms with E-state index in [0.717, 1.165) is 103 Å². The van der Waals surface area contributed by atoms with Gasteiger partial charge in [0.15, 0.2) is 6.10 Å². The van der Waals surface area contributed by atoms with Gasteiger partial charge >= 0.3 is 11.9 Å². The molecular formula is C56H92O5. The van der Waals surface area contributed by atoms with E-state index >= 15 is 0 Å². The molecule has 0 radical (unpaired) electrons. The molecule has 0 aromatic carbocycles. The minimum atomic E-state index is -0.795. The summed E-state index contributed by atoms with van der Waals surface area (Å²) in [6.45, 7) is 4.00. The fourth-order valence-electron chi connectivity index (χ4n) is 6.61. The van der Waals surface area contributed by atoms with Crippen molar-refractivity contribution in [2.75, 3.05) is 13.2 Å². The van der Waals surface area contributed by atoms with Gasteiger partial charge in [0, 0.05) is 12.8 Å². The molecule has 346 valence electrons. The van der Waals surface area contributed by atoms with Gasteiger partial charge < -0.3 is 14.6 Å². The van der Waals surface area contributed by atoms with Gasteiger partial charge in [0.05, 0.1) is 6.61 Å². The number of hydrogen-bond acceptors (Lipinski definition) is 5. The van der Waals surface area contributed by atoms with Crippen LogP contribution in [0.4, 0.5) is 0 Å². The van der Waals surface area contributed by atoms with Crippen LogP contribution in [0.25, 0.3) is 0 Å². The van der Waals surface area contributed by atoms with Crippen LogP contribution in [0.15, 0.2) is 109 Å². The van der Waals surface area contributed by atoms with Gasteiger partial charge in [0.25, 0.3) is 0 Å². The van der Waals surface area contributed by atoms with Crippen LogP contribution in [0, 0.1) is 0 Å². The number of hydrogen-bond donors (Lipinski definition) is 1. The number of rotatable bonds is 44. The summed E-state index contributed by atoms with van der Waals surface area (Å²) in [4.78, 5) is 24.4. The van der Waals surface area contributed by atoms with Gasteiger partial charge in [-0.3, -0.25) is 9.59 Å². The highest BCUT2D eigenvalue weighted by Crippen LogP contribution is 2.14. The Kier molecular flexibility index (Phi) is 48.0. The number of allylic oxidation sites excluding steroid dienone is 18. The number of ether oxygens (including phenoxy) is 2. The Morgan fingerprint density at radius 1 is 0.393 bits per heavy atom. The monoisotopic (exact) mass is 845 g/mol. The Hall–Kier alpha value is -3.44. The third-order valence-electron chi connectivity index (χ3n) is 10.3. The molecule has 0 saturated carbocycles. The highest BCUT2D eigenvalue weighted by atomic mass is 16.6. The molecule has 0 aliphatic rings. The lowest BCUT2D eigenvalue weighted by Crippen LogP contribution is -2.28. The van der Waals surface area contributed by atoms with Crippen LogP contribution in [0.3, 0.4) is 0 Å². The predicted octanol–water partition coefficient (Wildman–Crippen LogP) is 16.6. The molecule has 0 aliphatic carbocycles. The summed E-state index contributed by atoms with van der Waals surface area (Å²) < 4.78 is 10.6. The maximum absolute atomic E-state index is 12.2. The van der Waals surface area contributed by atoms with Gasteiger partial charge in [-0.25, -0.2) is 0 Å². The van der Waals surface area contributed by atoms with E-state index in [1.165, 1.54) is 83.5 Å². The van der Waals surface area contributed by atoms with Gasteiger partial charge in [0.2, 0.25) is 0 Å². The first-order valence-electron chi connectivity index (χ1n) is 24.9. The van der Waals surface area contributed by atoms with Crippen LogP contribution in [-0.2, 0) is 19.1 Å². The summed E-state index contributed by atoms with van der Waals surface area (Å²) in [5.74, 6) is -0.632. The number of carbonyl (C=O) groups excluding carboxylic acids is 2. The third kappa shape index (κ3) is 49.1. The molecule has 0 heterocycles. The van der Waals surface area contributed by atoms with E-state index in [1.807, 2.05) is 0 Å². The Morgan fingerprint density at radius 2 is 0.705 bits per heavy atom. The molecule has 1 atom stereocenters. The minimum Gasteiger partial charge on any atom is -0.462 e. The van der Waals surface area contributed by atoms with Crippen LogP contribution >= 0.6 is 0 Å². The lowest BCUT2D eigenvalue weighted by molar-refractivity contribution is -0.161. The Balaban J connectivity index is 3.66. The van der Waals surface area contributed by atoms with Crippen molar-refractivity contribution < 1.29 is 24.2 Å². The topological polar surface area (TPSA) is 72.8 Å². The van der Waals surface area contributed by atoms with E-state index in [9.17, 15) is 14.7 Å². The zero-order valence-electron chi connectivity index (χ0n) is 39.4. The van der Waals surface area contributed by atoms with Crippen molar-refractivity contribution in [1.29, 1.82) is 0 Å². The van der Waals surface area contributed by atoms with Crippen molar-refractivity contribution in [2.45, 2.75) is 219 Å². The molecule has 0 amide bonds. The molecule has 0 fully saturated rings. The van der Waals surface area contributed by atoms with Crippen molar-refractivity contribution in [1.82, 2.24) is 0 Å². The highest BCUT2D eigenvalue weighted by Gasteiger charge is 2.16. The van der Waals surface area contributed by atoms with Gasteiger partial charge in [-0.1, -0.05) is 226 Å². The number of esters is 2. The molecule has 1 N–H and O–H groups in total.